The molecule has 1 aliphatic rings. The van der Waals surface area contributed by atoms with Gasteiger partial charge in [0, 0.05) is 18.8 Å². The van der Waals surface area contributed by atoms with Gasteiger partial charge in [-0.2, -0.15) is 0 Å². The SMILES string of the molecule is CC(C)(CNC1CC(c2ccccc2F)C1)S(C)(=O)=O. The summed E-state index contributed by atoms with van der Waals surface area (Å²) in [6.45, 7) is 3.88. The zero-order valence-electron chi connectivity index (χ0n) is 12.2. The van der Waals surface area contributed by atoms with Crippen molar-refractivity contribution in [3.63, 3.8) is 0 Å². The van der Waals surface area contributed by atoms with E-state index in [-0.39, 0.29) is 17.8 Å². The smallest absolute Gasteiger partial charge is 0.153 e. The first kappa shape index (κ1) is 15.4. The largest absolute Gasteiger partial charge is 0.312 e. The second-order valence-corrected chi connectivity index (χ2v) is 8.95. The number of hydrogen-bond acceptors (Lipinski definition) is 3. The van der Waals surface area contributed by atoms with Gasteiger partial charge in [-0.25, -0.2) is 12.8 Å². The van der Waals surface area contributed by atoms with Crippen molar-refractivity contribution < 1.29 is 12.8 Å². The number of nitrogens with one attached hydrogen (secondary N) is 1. The molecule has 1 aromatic rings. The Bertz CT molecular complexity index is 577. The standard InChI is InChI=1S/C15H22FNO2S/c1-15(2,20(3,18)19)10-17-12-8-11(9-12)13-6-4-5-7-14(13)16/h4-7,11-12,17H,8-10H2,1-3H3. The van der Waals surface area contributed by atoms with Gasteiger partial charge in [-0.1, -0.05) is 18.2 Å². The van der Waals surface area contributed by atoms with Gasteiger partial charge in [-0.05, 0) is 44.2 Å². The second kappa shape index (κ2) is 5.45. The van der Waals surface area contributed by atoms with E-state index in [0.29, 0.717) is 6.54 Å². The molecule has 0 spiro atoms. The molecule has 5 heteroatoms. The highest BCUT2D eigenvalue weighted by Gasteiger charge is 2.35. The van der Waals surface area contributed by atoms with Crippen LogP contribution in [0.4, 0.5) is 4.39 Å². The van der Waals surface area contributed by atoms with Crippen LogP contribution in [0.1, 0.15) is 38.2 Å². The highest BCUT2D eigenvalue weighted by Crippen LogP contribution is 2.38. The Balaban J connectivity index is 1.85. The molecule has 2 rings (SSSR count). The van der Waals surface area contributed by atoms with Crippen molar-refractivity contribution in [1.82, 2.24) is 5.32 Å². The molecule has 0 heterocycles. The van der Waals surface area contributed by atoms with E-state index in [4.69, 9.17) is 0 Å². The van der Waals surface area contributed by atoms with E-state index in [2.05, 4.69) is 5.32 Å². The molecule has 3 nitrogen and oxygen atoms in total. The van der Waals surface area contributed by atoms with Crippen LogP contribution in [0, 0.1) is 5.82 Å². The van der Waals surface area contributed by atoms with Gasteiger partial charge in [0.2, 0.25) is 0 Å². The van der Waals surface area contributed by atoms with Gasteiger partial charge in [0.15, 0.2) is 9.84 Å². The van der Waals surface area contributed by atoms with Crippen molar-refractivity contribution in [1.29, 1.82) is 0 Å². The maximum atomic E-state index is 13.6. The zero-order valence-corrected chi connectivity index (χ0v) is 13.0. The lowest BCUT2D eigenvalue weighted by molar-refractivity contribution is 0.279. The molecule has 0 saturated heterocycles. The Morgan fingerprint density at radius 3 is 2.45 bits per heavy atom. The third kappa shape index (κ3) is 3.20. The Morgan fingerprint density at radius 1 is 1.30 bits per heavy atom. The molecule has 0 aliphatic heterocycles. The summed E-state index contributed by atoms with van der Waals surface area (Å²) in [4.78, 5) is 0. The molecule has 1 aromatic carbocycles. The van der Waals surface area contributed by atoms with Crippen LogP contribution >= 0.6 is 0 Å². The first-order valence-electron chi connectivity index (χ1n) is 6.88. The third-order valence-corrected chi connectivity index (χ3v) is 6.46. The highest BCUT2D eigenvalue weighted by molar-refractivity contribution is 7.92. The minimum absolute atomic E-state index is 0.146. The first-order chi connectivity index (χ1) is 9.21. The van der Waals surface area contributed by atoms with Crippen molar-refractivity contribution >= 4 is 9.84 Å². The van der Waals surface area contributed by atoms with Crippen molar-refractivity contribution in [2.75, 3.05) is 12.8 Å². The molecule has 1 N–H and O–H groups in total. The Hall–Kier alpha value is -0.940. The van der Waals surface area contributed by atoms with Gasteiger partial charge in [-0.3, -0.25) is 0 Å². The maximum Gasteiger partial charge on any atom is 0.153 e. The van der Waals surface area contributed by atoms with Crippen LogP contribution in [-0.4, -0.2) is 32.0 Å². The van der Waals surface area contributed by atoms with E-state index in [1.807, 2.05) is 12.1 Å². The summed E-state index contributed by atoms with van der Waals surface area (Å²) in [6, 6.07) is 7.15. The molecule has 1 fully saturated rings. The van der Waals surface area contributed by atoms with E-state index < -0.39 is 14.6 Å². The van der Waals surface area contributed by atoms with Crippen LogP contribution in [0.3, 0.4) is 0 Å². The molecular weight excluding hydrogens is 277 g/mol. The maximum absolute atomic E-state index is 13.6. The van der Waals surface area contributed by atoms with Crippen LogP contribution in [0.5, 0.6) is 0 Å². The Kier molecular flexibility index (Phi) is 4.21. The van der Waals surface area contributed by atoms with Crippen LogP contribution in [0.2, 0.25) is 0 Å². The molecule has 112 valence electrons. The van der Waals surface area contributed by atoms with Crippen LogP contribution < -0.4 is 5.32 Å². The first-order valence-corrected chi connectivity index (χ1v) is 8.77. The molecule has 1 aliphatic carbocycles. The van der Waals surface area contributed by atoms with Crippen LogP contribution in [-0.2, 0) is 9.84 Å². The lowest BCUT2D eigenvalue weighted by Crippen LogP contribution is -2.49. The quantitative estimate of drug-likeness (QED) is 0.908. The fourth-order valence-corrected chi connectivity index (χ4v) is 2.71. The van der Waals surface area contributed by atoms with E-state index in [0.717, 1.165) is 18.4 Å². The van der Waals surface area contributed by atoms with Crippen LogP contribution in [0.25, 0.3) is 0 Å². The monoisotopic (exact) mass is 299 g/mol. The molecular formula is C15H22FNO2S. The number of rotatable bonds is 5. The van der Waals surface area contributed by atoms with Crippen LogP contribution in [0.15, 0.2) is 24.3 Å². The van der Waals surface area contributed by atoms with Gasteiger partial charge in [0.25, 0.3) is 0 Å². The normalized spacial score (nSPS) is 23.4. The van der Waals surface area contributed by atoms with Crippen molar-refractivity contribution in [3.05, 3.63) is 35.6 Å². The summed E-state index contributed by atoms with van der Waals surface area (Å²) >= 11 is 0. The van der Waals surface area contributed by atoms with E-state index >= 15 is 0 Å². The molecule has 0 radical (unpaired) electrons. The summed E-state index contributed by atoms with van der Waals surface area (Å²) in [6.07, 6.45) is 2.99. The minimum atomic E-state index is -3.08. The van der Waals surface area contributed by atoms with Gasteiger partial charge < -0.3 is 5.32 Å². The minimum Gasteiger partial charge on any atom is -0.312 e. The van der Waals surface area contributed by atoms with Gasteiger partial charge >= 0.3 is 0 Å². The van der Waals surface area contributed by atoms with Gasteiger partial charge in [0.05, 0.1) is 4.75 Å². The lowest BCUT2D eigenvalue weighted by Gasteiger charge is -2.38. The number of sulfone groups is 1. The number of halogens is 1. The molecule has 0 aromatic heterocycles. The topological polar surface area (TPSA) is 46.2 Å². The Labute approximate surface area is 120 Å². The molecule has 1 saturated carbocycles. The van der Waals surface area contributed by atoms with Gasteiger partial charge in [0.1, 0.15) is 5.82 Å². The highest BCUT2D eigenvalue weighted by atomic mass is 32.2. The average molecular weight is 299 g/mol. The fourth-order valence-electron chi connectivity index (χ4n) is 2.37. The van der Waals surface area contributed by atoms with Crippen molar-refractivity contribution in [3.8, 4) is 0 Å². The van der Waals surface area contributed by atoms with E-state index in [1.165, 1.54) is 12.3 Å². The predicted molar refractivity (Wildman–Crippen MR) is 79.1 cm³/mol. The molecule has 0 amide bonds. The molecule has 0 atom stereocenters. The lowest BCUT2D eigenvalue weighted by atomic mass is 9.75. The number of hydrogen-bond donors (Lipinski definition) is 1. The van der Waals surface area contributed by atoms with E-state index in [9.17, 15) is 12.8 Å². The van der Waals surface area contributed by atoms with Crippen molar-refractivity contribution in [2.45, 2.75) is 43.4 Å². The molecule has 0 bridgehead atoms. The summed E-state index contributed by atoms with van der Waals surface area (Å²) in [7, 11) is -3.08. The van der Waals surface area contributed by atoms with Gasteiger partial charge in [-0.15, -0.1) is 0 Å². The average Bonchev–Trinajstić information content (AvgIpc) is 2.27. The number of benzene rings is 1. The second-order valence-electron chi connectivity index (χ2n) is 6.30. The summed E-state index contributed by atoms with van der Waals surface area (Å²) in [5, 5.41) is 3.28. The predicted octanol–water partition coefficient (Wildman–Crippen LogP) is 2.48. The van der Waals surface area contributed by atoms with E-state index in [1.54, 1.807) is 19.9 Å². The Morgan fingerprint density at radius 2 is 1.90 bits per heavy atom. The molecule has 0 unspecified atom stereocenters. The fraction of sp³-hybridized carbons (Fsp3) is 0.600. The van der Waals surface area contributed by atoms with Crippen molar-refractivity contribution in [2.24, 2.45) is 0 Å². The summed E-state index contributed by atoms with van der Waals surface area (Å²) in [5.74, 6) is 0.0995. The zero-order chi connectivity index (χ0) is 15.0. The summed E-state index contributed by atoms with van der Waals surface area (Å²) in [5.41, 5.74) is 0.771. The third-order valence-electron chi connectivity index (χ3n) is 4.30. The molecule has 20 heavy (non-hydrogen) atoms. The summed E-state index contributed by atoms with van der Waals surface area (Å²) < 4.78 is 36.1.